The highest BCUT2D eigenvalue weighted by molar-refractivity contribution is 6.18. The molecule has 0 aliphatic heterocycles. The Labute approximate surface area is 105 Å². The van der Waals surface area contributed by atoms with Crippen LogP contribution in [0.1, 0.15) is 18.6 Å². The number of hydrogen-bond donors (Lipinski definition) is 0. The molecule has 0 bridgehead atoms. The van der Waals surface area contributed by atoms with E-state index in [4.69, 9.17) is 16.3 Å². The molecule has 0 aromatic heterocycles. The van der Waals surface area contributed by atoms with Crippen molar-refractivity contribution in [1.29, 1.82) is 0 Å². The first-order valence-electron chi connectivity index (χ1n) is 5.42. The Morgan fingerprint density at radius 2 is 1.94 bits per heavy atom. The van der Waals surface area contributed by atoms with Crippen molar-refractivity contribution in [3.8, 4) is 0 Å². The van der Waals surface area contributed by atoms with Gasteiger partial charge in [-0.05, 0) is 22.4 Å². The highest BCUT2D eigenvalue weighted by Gasteiger charge is 2.13. The molecule has 0 amide bonds. The van der Waals surface area contributed by atoms with Gasteiger partial charge in [0.1, 0.15) is 6.10 Å². The van der Waals surface area contributed by atoms with Crippen molar-refractivity contribution in [1.82, 2.24) is 0 Å². The molecule has 2 nitrogen and oxygen atoms in total. The zero-order chi connectivity index (χ0) is 12.3. The predicted molar refractivity (Wildman–Crippen MR) is 69.2 cm³/mol. The molecule has 0 N–H and O–H groups in total. The lowest BCUT2D eigenvalue weighted by Crippen LogP contribution is -2.09. The fourth-order valence-electron chi connectivity index (χ4n) is 1.80. The molecule has 0 saturated carbocycles. The predicted octanol–water partition coefficient (Wildman–Crippen LogP) is 3.68. The average molecular weight is 249 g/mol. The Bertz CT molecular complexity index is 536. The fourth-order valence-corrected chi connectivity index (χ4v) is 2.04. The van der Waals surface area contributed by atoms with Crippen LogP contribution in [0.4, 0.5) is 0 Å². The monoisotopic (exact) mass is 248 g/mol. The lowest BCUT2D eigenvalue weighted by Gasteiger charge is -2.15. The zero-order valence-corrected chi connectivity index (χ0v) is 10.3. The Balaban J connectivity index is 2.37. The van der Waals surface area contributed by atoms with Crippen molar-refractivity contribution in [3.63, 3.8) is 0 Å². The summed E-state index contributed by atoms with van der Waals surface area (Å²) in [5.74, 6) is -0.0541. The molecule has 2 rings (SSSR count). The number of fused-ring (bicyclic) bond motifs is 1. The summed E-state index contributed by atoms with van der Waals surface area (Å²) < 4.78 is 5.16. The lowest BCUT2D eigenvalue weighted by atomic mass is 10.0. The minimum atomic E-state index is -0.376. The third-order valence-corrected chi connectivity index (χ3v) is 2.87. The van der Waals surface area contributed by atoms with E-state index < -0.39 is 0 Å². The third-order valence-electron chi connectivity index (χ3n) is 2.59. The Hall–Kier alpha value is -1.54. The van der Waals surface area contributed by atoms with Crippen molar-refractivity contribution in [2.24, 2.45) is 0 Å². The first-order valence-corrected chi connectivity index (χ1v) is 5.96. The molecule has 0 spiro atoms. The van der Waals surface area contributed by atoms with E-state index in [0.717, 1.165) is 16.3 Å². The Kier molecular flexibility index (Phi) is 3.64. The molecular formula is C14H13ClO2. The van der Waals surface area contributed by atoms with Crippen LogP contribution in [-0.2, 0) is 9.53 Å². The number of halogens is 1. The molecule has 1 atom stereocenters. The minimum absolute atomic E-state index is 0.262. The van der Waals surface area contributed by atoms with Crippen molar-refractivity contribution >= 4 is 28.3 Å². The number of esters is 1. The van der Waals surface area contributed by atoms with Gasteiger partial charge in [-0.25, -0.2) is 0 Å². The van der Waals surface area contributed by atoms with Crippen molar-refractivity contribution in [2.75, 3.05) is 5.88 Å². The van der Waals surface area contributed by atoms with Gasteiger partial charge in [-0.2, -0.15) is 0 Å². The summed E-state index contributed by atoms with van der Waals surface area (Å²) in [4.78, 5) is 11.0. The van der Waals surface area contributed by atoms with Gasteiger partial charge in [0.2, 0.25) is 0 Å². The van der Waals surface area contributed by atoms with Gasteiger partial charge in [0.05, 0.1) is 5.88 Å². The molecule has 0 radical (unpaired) electrons. The second kappa shape index (κ2) is 5.19. The Morgan fingerprint density at radius 1 is 1.24 bits per heavy atom. The van der Waals surface area contributed by atoms with Gasteiger partial charge in [-0.15, -0.1) is 11.6 Å². The quantitative estimate of drug-likeness (QED) is 0.612. The number of hydrogen-bond acceptors (Lipinski definition) is 2. The maximum absolute atomic E-state index is 11.0. The van der Waals surface area contributed by atoms with E-state index in [-0.39, 0.29) is 18.0 Å². The number of ether oxygens (including phenoxy) is 1. The minimum Gasteiger partial charge on any atom is -0.456 e. The van der Waals surface area contributed by atoms with Gasteiger partial charge in [-0.1, -0.05) is 36.4 Å². The molecule has 88 valence electrons. The highest BCUT2D eigenvalue weighted by Crippen LogP contribution is 2.23. The number of carbonyl (C=O) groups is 1. The molecule has 0 aliphatic rings. The van der Waals surface area contributed by atoms with Crippen molar-refractivity contribution in [3.05, 3.63) is 48.0 Å². The van der Waals surface area contributed by atoms with Crippen LogP contribution in [-0.4, -0.2) is 11.8 Å². The summed E-state index contributed by atoms with van der Waals surface area (Å²) in [7, 11) is 0. The maximum atomic E-state index is 11.0. The summed E-state index contributed by atoms with van der Waals surface area (Å²) in [5.41, 5.74) is 0.925. The summed E-state index contributed by atoms with van der Waals surface area (Å²) >= 11 is 5.82. The molecule has 0 aliphatic carbocycles. The number of carbonyl (C=O) groups excluding carboxylic acids is 1. The van der Waals surface area contributed by atoms with E-state index in [1.807, 2.05) is 42.5 Å². The fraction of sp³-hybridized carbons (Fsp3) is 0.214. The normalized spacial score (nSPS) is 12.4. The summed E-state index contributed by atoms with van der Waals surface area (Å²) in [6.45, 7) is 1.39. The van der Waals surface area contributed by atoms with Crippen LogP contribution in [0.5, 0.6) is 0 Å². The van der Waals surface area contributed by atoms with Crippen LogP contribution in [0.25, 0.3) is 10.8 Å². The molecule has 2 aromatic rings. The number of rotatable bonds is 3. The first-order chi connectivity index (χ1) is 8.20. The first kappa shape index (κ1) is 11.9. The van der Waals surface area contributed by atoms with Gasteiger partial charge in [0.15, 0.2) is 0 Å². The summed E-state index contributed by atoms with van der Waals surface area (Å²) in [5, 5.41) is 2.28. The van der Waals surface area contributed by atoms with E-state index in [0.29, 0.717) is 0 Å². The molecule has 0 fully saturated rings. The second-order valence-electron chi connectivity index (χ2n) is 3.86. The lowest BCUT2D eigenvalue weighted by molar-refractivity contribution is -0.145. The zero-order valence-electron chi connectivity index (χ0n) is 9.52. The van der Waals surface area contributed by atoms with Gasteiger partial charge in [0, 0.05) is 6.92 Å². The number of alkyl halides is 1. The topological polar surface area (TPSA) is 26.3 Å². The molecule has 2 aromatic carbocycles. The standard InChI is InChI=1S/C14H13ClO2/c1-10(16)17-14(9-15)13-7-6-11-4-2-3-5-12(11)8-13/h2-8,14H,9H2,1H3/t14-/m1/s1. The molecule has 0 saturated heterocycles. The van der Waals surface area contributed by atoms with Gasteiger partial charge in [-0.3, -0.25) is 4.79 Å². The average Bonchev–Trinajstić information content (AvgIpc) is 2.35. The number of benzene rings is 2. The van der Waals surface area contributed by atoms with Gasteiger partial charge < -0.3 is 4.74 Å². The van der Waals surface area contributed by atoms with E-state index in [9.17, 15) is 4.79 Å². The summed E-state index contributed by atoms with van der Waals surface area (Å²) in [6.07, 6.45) is -0.376. The maximum Gasteiger partial charge on any atom is 0.303 e. The highest BCUT2D eigenvalue weighted by atomic mass is 35.5. The van der Waals surface area contributed by atoms with Gasteiger partial charge >= 0.3 is 5.97 Å². The SMILES string of the molecule is CC(=O)O[C@H](CCl)c1ccc2ccccc2c1. The second-order valence-corrected chi connectivity index (χ2v) is 4.17. The van der Waals surface area contributed by atoms with E-state index in [1.54, 1.807) is 0 Å². The smallest absolute Gasteiger partial charge is 0.303 e. The molecule has 3 heteroatoms. The van der Waals surface area contributed by atoms with Crippen molar-refractivity contribution < 1.29 is 9.53 Å². The van der Waals surface area contributed by atoms with Crippen LogP contribution >= 0.6 is 11.6 Å². The van der Waals surface area contributed by atoms with Crippen LogP contribution < -0.4 is 0 Å². The van der Waals surface area contributed by atoms with Crippen LogP contribution in [0.3, 0.4) is 0 Å². The van der Waals surface area contributed by atoms with Crippen LogP contribution in [0.15, 0.2) is 42.5 Å². The summed E-state index contributed by atoms with van der Waals surface area (Å²) in [6, 6.07) is 14.0. The van der Waals surface area contributed by atoms with Crippen molar-refractivity contribution in [2.45, 2.75) is 13.0 Å². The largest absolute Gasteiger partial charge is 0.456 e. The molecular weight excluding hydrogens is 236 g/mol. The van der Waals surface area contributed by atoms with Gasteiger partial charge in [0.25, 0.3) is 0 Å². The van der Waals surface area contributed by atoms with E-state index in [2.05, 4.69) is 0 Å². The molecule has 0 unspecified atom stereocenters. The molecule has 0 heterocycles. The Morgan fingerprint density at radius 3 is 2.59 bits per heavy atom. The molecule has 17 heavy (non-hydrogen) atoms. The van der Waals surface area contributed by atoms with Crippen LogP contribution in [0.2, 0.25) is 0 Å². The van der Waals surface area contributed by atoms with Crippen LogP contribution in [0, 0.1) is 0 Å². The van der Waals surface area contributed by atoms with E-state index >= 15 is 0 Å². The van der Waals surface area contributed by atoms with E-state index in [1.165, 1.54) is 6.92 Å². The third kappa shape index (κ3) is 2.77.